The Bertz CT molecular complexity index is 2880. The Balaban J connectivity index is 1.01. The number of hydrogen-bond acceptors (Lipinski definition) is 4. The van der Waals surface area contributed by atoms with Crippen molar-refractivity contribution in [2.45, 2.75) is 53.7 Å². The summed E-state index contributed by atoms with van der Waals surface area (Å²) < 4.78 is 22.6. The molecule has 1 aliphatic heterocycles. The van der Waals surface area contributed by atoms with Crippen molar-refractivity contribution in [3.63, 3.8) is 0 Å². The van der Waals surface area contributed by atoms with Crippen LogP contribution in [0.1, 0.15) is 43.2 Å². The zero-order valence-electron chi connectivity index (χ0n) is 32.8. The van der Waals surface area contributed by atoms with E-state index in [1.807, 2.05) is 90.6 Å². The molecule has 1 fully saturated rings. The molecule has 8 aromatic rings. The first-order valence-corrected chi connectivity index (χ1v) is 23.5. The van der Waals surface area contributed by atoms with E-state index in [9.17, 15) is 0 Å². The number of benzene rings is 7. The van der Waals surface area contributed by atoms with Gasteiger partial charge < -0.3 is 13.9 Å². The van der Waals surface area contributed by atoms with Crippen LogP contribution in [0.3, 0.4) is 0 Å². The van der Waals surface area contributed by atoms with E-state index < -0.39 is 7.14 Å². The van der Waals surface area contributed by atoms with Gasteiger partial charge in [0.05, 0.1) is 22.3 Å². The molecule has 2 heterocycles. The first-order valence-electron chi connectivity index (χ1n) is 20.9. The molecular weight excluding hydrogens is 758 g/mol. The molecule has 2 aliphatic carbocycles. The van der Waals surface area contributed by atoms with Crippen LogP contribution in [0.15, 0.2) is 203 Å². The van der Waals surface area contributed by atoms with E-state index in [0.717, 1.165) is 56.2 Å². The van der Waals surface area contributed by atoms with Crippen molar-refractivity contribution < 1.29 is 8.98 Å². The number of furan rings is 1. The van der Waals surface area contributed by atoms with Crippen LogP contribution in [0.25, 0.3) is 33.1 Å². The predicted octanol–water partition coefficient (Wildman–Crippen LogP) is 13.2. The molecular formula is C54H44NO2PS. The van der Waals surface area contributed by atoms with Crippen molar-refractivity contribution in [1.29, 1.82) is 0 Å². The first-order chi connectivity index (χ1) is 29.1. The topological polar surface area (TPSA) is 33.5 Å². The maximum absolute atomic E-state index is 15.9. The number of rotatable bonds is 7. The summed E-state index contributed by atoms with van der Waals surface area (Å²) in [6.07, 6.45) is 15.0. The molecule has 7 aromatic carbocycles. The average Bonchev–Trinajstić information content (AvgIpc) is 3.70. The number of hydrogen-bond donors (Lipinski definition) is 0. The van der Waals surface area contributed by atoms with E-state index in [1.54, 1.807) is 0 Å². The van der Waals surface area contributed by atoms with Crippen LogP contribution in [-0.4, -0.2) is 11.3 Å². The van der Waals surface area contributed by atoms with Gasteiger partial charge in [0.25, 0.3) is 0 Å². The van der Waals surface area contributed by atoms with Crippen molar-refractivity contribution in [2.75, 3.05) is 4.90 Å². The Kier molecular flexibility index (Phi) is 9.10. The number of anilines is 2. The van der Waals surface area contributed by atoms with Crippen molar-refractivity contribution in [3.05, 3.63) is 205 Å². The van der Waals surface area contributed by atoms with Crippen LogP contribution >= 0.6 is 18.9 Å². The smallest absolute Gasteiger partial charge is 0.174 e. The maximum atomic E-state index is 15.9. The lowest BCUT2D eigenvalue weighted by Crippen LogP contribution is -2.41. The largest absolute Gasteiger partial charge is 0.455 e. The summed E-state index contributed by atoms with van der Waals surface area (Å²) in [5, 5.41) is 4.70. The quantitative estimate of drug-likeness (QED) is 0.150. The van der Waals surface area contributed by atoms with Gasteiger partial charge in [0.1, 0.15) is 11.2 Å². The highest BCUT2D eigenvalue weighted by Gasteiger charge is 2.38. The van der Waals surface area contributed by atoms with Gasteiger partial charge in [0.15, 0.2) is 7.14 Å². The molecule has 0 N–H and O–H groups in total. The van der Waals surface area contributed by atoms with Gasteiger partial charge in [-0.15, -0.1) is 11.8 Å². The highest BCUT2D eigenvalue weighted by Crippen LogP contribution is 2.50. The fourth-order valence-corrected chi connectivity index (χ4v) is 14.1. The summed E-state index contributed by atoms with van der Waals surface area (Å²) in [5.74, 6) is 0. The summed E-state index contributed by atoms with van der Waals surface area (Å²) >= 11 is 1.96. The highest BCUT2D eigenvalue weighted by molar-refractivity contribution is 8.00. The summed E-state index contributed by atoms with van der Waals surface area (Å²) in [7, 11) is -3.35. The van der Waals surface area contributed by atoms with Crippen molar-refractivity contribution in [3.8, 4) is 11.1 Å². The second kappa shape index (κ2) is 14.8. The molecule has 2 atom stereocenters. The Morgan fingerprint density at radius 3 is 1.95 bits per heavy atom. The normalized spacial score (nSPS) is 18.5. The lowest BCUT2D eigenvalue weighted by molar-refractivity contribution is 0.346. The number of nitrogens with zero attached hydrogens (tertiary/aromatic N) is 1. The fraction of sp³-hybridized carbons (Fsp3) is 0.148. The van der Waals surface area contributed by atoms with Crippen LogP contribution < -0.4 is 20.8 Å². The molecule has 1 saturated carbocycles. The number of fused-ring (bicyclic) bond motifs is 5. The van der Waals surface area contributed by atoms with Crippen molar-refractivity contribution in [2.24, 2.45) is 0 Å². The molecule has 1 aromatic heterocycles. The van der Waals surface area contributed by atoms with E-state index in [0.29, 0.717) is 10.8 Å². The highest BCUT2D eigenvalue weighted by atomic mass is 32.2. The summed E-state index contributed by atoms with van der Waals surface area (Å²) in [4.78, 5) is 3.86. The second-order valence-electron chi connectivity index (χ2n) is 16.2. The lowest BCUT2D eigenvalue weighted by Gasteiger charge is -2.42. The van der Waals surface area contributed by atoms with Crippen LogP contribution in [0.4, 0.5) is 11.4 Å². The second-order valence-corrected chi connectivity index (χ2v) is 20.2. The third-order valence-corrected chi connectivity index (χ3v) is 17.3. The zero-order chi connectivity index (χ0) is 39.4. The summed E-state index contributed by atoms with van der Waals surface area (Å²) in [6.45, 7) is 0. The van der Waals surface area contributed by atoms with E-state index in [2.05, 4.69) is 120 Å². The Morgan fingerprint density at radius 2 is 1.22 bits per heavy atom. The minimum absolute atomic E-state index is 0.0623. The van der Waals surface area contributed by atoms with E-state index >= 15 is 4.57 Å². The molecule has 0 amide bonds. The molecule has 0 radical (unpaired) electrons. The predicted molar refractivity (Wildman–Crippen MR) is 249 cm³/mol. The third kappa shape index (κ3) is 6.07. The van der Waals surface area contributed by atoms with Crippen molar-refractivity contribution >= 4 is 68.1 Å². The maximum Gasteiger partial charge on any atom is 0.174 e. The SMILES string of the molecule is O=P(c1ccccc1)(c1ccccc1)c1cc(-c2ccc(C3(c4ccc(N5c6ccccc6SC6C=CC=CC65)cc4)CCCCC3)cc2)cc2c1oc1ccccc12. The average molecular weight is 802 g/mol. The fourth-order valence-electron chi connectivity index (χ4n) is 10.0. The Morgan fingerprint density at radius 1 is 0.593 bits per heavy atom. The summed E-state index contributed by atoms with van der Waals surface area (Å²) in [5.41, 5.74) is 8.82. The molecule has 3 aliphatic rings. The van der Waals surface area contributed by atoms with Crippen LogP contribution in [0.5, 0.6) is 0 Å². The lowest BCUT2D eigenvalue weighted by atomic mass is 9.65. The molecule has 0 bridgehead atoms. The molecule has 59 heavy (non-hydrogen) atoms. The van der Waals surface area contributed by atoms with Crippen molar-refractivity contribution in [1.82, 2.24) is 0 Å². The number of para-hydroxylation sites is 2. The van der Waals surface area contributed by atoms with Gasteiger partial charge >= 0.3 is 0 Å². The van der Waals surface area contributed by atoms with Gasteiger partial charge in [-0.1, -0.05) is 171 Å². The molecule has 5 heteroatoms. The van der Waals surface area contributed by atoms with E-state index in [-0.39, 0.29) is 11.5 Å². The van der Waals surface area contributed by atoms with Crippen LogP contribution in [-0.2, 0) is 9.98 Å². The molecule has 2 unspecified atom stereocenters. The first kappa shape index (κ1) is 36.3. The number of thioether (sulfide) groups is 1. The molecule has 0 saturated heterocycles. The van der Waals surface area contributed by atoms with Gasteiger partial charge in [-0.05, 0) is 77.6 Å². The minimum Gasteiger partial charge on any atom is -0.455 e. The van der Waals surface area contributed by atoms with Gasteiger partial charge in [0, 0.05) is 37.4 Å². The number of allylic oxidation sites excluding steroid dienone is 2. The van der Waals surface area contributed by atoms with E-state index in [4.69, 9.17) is 4.42 Å². The monoisotopic (exact) mass is 801 g/mol. The standard InChI is InChI=1S/C54H44NO2PS/c56-58(43-16-4-1-5-17-43,44-18-6-2-7-19-44)50-37-39(36-46-45-20-8-11-23-49(45)57-53(46)50)38-26-28-40(29-27-38)54(34-14-3-15-35-54)41-30-32-42(33-31-41)55-47-21-9-12-24-51(47)59-52-25-13-10-22-48(52)55/h1-2,4-13,16-33,36-37,47,51H,3,14-15,34-35H2. The van der Waals surface area contributed by atoms with Crippen LogP contribution in [0.2, 0.25) is 0 Å². The molecule has 0 spiro atoms. The molecule has 3 nitrogen and oxygen atoms in total. The van der Waals surface area contributed by atoms with Gasteiger partial charge in [-0.25, -0.2) is 0 Å². The third-order valence-electron chi connectivity index (χ3n) is 13.0. The summed E-state index contributed by atoms with van der Waals surface area (Å²) in [6, 6.07) is 60.3. The van der Waals surface area contributed by atoms with Gasteiger partial charge in [-0.3, -0.25) is 0 Å². The zero-order valence-corrected chi connectivity index (χ0v) is 34.5. The Labute approximate surface area is 350 Å². The van der Waals surface area contributed by atoms with Gasteiger partial charge in [0.2, 0.25) is 0 Å². The van der Waals surface area contributed by atoms with Gasteiger partial charge in [-0.2, -0.15) is 0 Å². The Hall–Kier alpha value is -5.80. The van der Waals surface area contributed by atoms with Crippen LogP contribution in [0, 0.1) is 0 Å². The minimum atomic E-state index is -3.35. The molecule has 11 rings (SSSR count). The molecule has 288 valence electrons. The van der Waals surface area contributed by atoms with E-state index in [1.165, 1.54) is 46.7 Å².